The molecule has 1 amide bonds. The molecule has 142 valence electrons. The van der Waals surface area contributed by atoms with Crippen LogP contribution in [0.3, 0.4) is 0 Å². The lowest BCUT2D eigenvalue weighted by Crippen LogP contribution is -2.31. The third kappa shape index (κ3) is 4.95. The fourth-order valence-electron chi connectivity index (χ4n) is 2.56. The summed E-state index contributed by atoms with van der Waals surface area (Å²) in [6.07, 6.45) is -4.18. The maximum Gasteiger partial charge on any atom is 0.416 e. The smallest absolute Gasteiger partial charge is 0.337 e. The van der Waals surface area contributed by atoms with Gasteiger partial charge in [0.1, 0.15) is 5.01 Å². The quantitative estimate of drug-likeness (QED) is 0.539. The van der Waals surface area contributed by atoms with Gasteiger partial charge in [-0.05, 0) is 30.5 Å². The summed E-state index contributed by atoms with van der Waals surface area (Å²) in [5.74, 6) is -0.0184. The summed E-state index contributed by atoms with van der Waals surface area (Å²) in [4.78, 5) is 19.8. The molecule has 0 aliphatic heterocycles. The molecule has 1 aromatic carbocycles. The Hall–Kier alpha value is -2.19. The highest BCUT2D eigenvalue weighted by molar-refractivity contribution is 7.13. The molecule has 0 atom stereocenters. The van der Waals surface area contributed by atoms with E-state index < -0.39 is 11.7 Å². The number of halogens is 3. The van der Waals surface area contributed by atoms with Gasteiger partial charge in [-0.1, -0.05) is 18.2 Å². The summed E-state index contributed by atoms with van der Waals surface area (Å²) in [6, 6.07) is 8.84. The SMILES string of the molecule is CCN(Cc1cccs1)C(=O)Cc1csc(-c2ccc(C(F)(F)F)cc2)n1. The molecule has 0 aliphatic rings. The minimum atomic E-state index is -4.36. The first kappa shape index (κ1) is 19.6. The number of rotatable bonds is 6. The van der Waals surface area contributed by atoms with Crippen LogP contribution in [0.25, 0.3) is 10.6 Å². The second-order valence-corrected chi connectivity index (χ2v) is 7.77. The van der Waals surface area contributed by atoms with Crippen molar-refractivity contribution >= 4 is 28.6 Å². The van der Waals surface area contributed by atoms with Gasteiger partial charge in [0.05, 0.1) is 24.2 Å². The van der Waals surface area contributed by atoms with Gasteiger partial charge in [0.2, 0.25) is 5.91 Å². The molecule has 0 radical (unpaired) electrons. The zero-order valence-electron chi connectivity index (χ0n) is 14.5. The van der Waals surface area contributed by atoms with E-state index in [-0.39, 0.29) is 12.3 Å². The molecule has 27 heavy (non-hydrogen) atoms. The van der Waals surface area contributed by atoms with E-state index in [1.54, 1.807) is 21.6 Å². The number of aromatic nitrogens is 1. The molecule has 8 heteroatoms. The van der Waals surface area contributed by atoms with E-state index in [0.29, 0.717) is 29.4 Å². The minimum Gasteiger partial charge on any atom is -0.337 e. The summed E-state index contributed by atoms with van der Waals surface area (Å²) in [7, 11) is 0. The van der Waals surface area contributed by atoms with Gasteiger partial charge < -0.3 is 4.90 Å². The molecule has 3 rings (SSSR count). The average Bonchev–Trinajstić information content (AvgIpc) is 3.31. The molecule has 0 bridgehead atoms. The second kappa shape index (κ2) is 8.22. The summed E-state index contributed by atoms with van der Waals surface area (Å²) < 4.78 is 38.0. The van der Waals surface area contributed by atoms with Crippen molar-refractivity contribution in [1.29, 1.82) is 0 Å². The van der Waals surface area contributed by atoms with E-state index in [9.17, 15) is 18.0 Å². The summed E-state index contributed by atoms with van der Waals surface area (Å²) >= 11 is 2.93. The second-order valence-electron chi connectivity index (χ2n) is 5.88. The Kier molecular flexibility index (Phi) is 5.96. The Balaban J connectivity index is 1.67. The van der Waals surface area contributed by atoms with Gasteiger partial charge in [0.15, 0.2) is 0 Å². The number of carbonyl (C=O) groups is 1. The molecule has 0 N–H and O–H groups in total. The third-order valence-corrected chi connectivity index (χ3v) is 5.81. The average molecular weight is 410 g/mol. The van der Waals surface area contributed by atoms with Crippen LogP contribution in [0.5, 0.6) is 0 Å². The highest BCUT2D eigenvalue weighted by Crippen LogP contribution is 2.31. The normalized spacial score (nSPS) is 11.6. The number of carbonyl (C=O) groups excluding carboxylic acids is 1. The number of nitrogens with zero attached hydrogens (tertiary/aromatic N) is 2. The van der Waals surface area contributed by atoms with Crippen LogP contribution < -0.4 is 0 Å². The molecule has 0 saturated heterocycles. The number of likely N-dealkylation sites (N-methyl/N-ethyl adjacent to an activating group) is 1. The molecule has 3 aromatic rings. The zero-order chi connectivity index (χ0) is 19.4. The molecule has 0 saturated carbocycles. The first-order valence-corrected chi connectivity index (χ1v) is 10.0. The van der Waals surface area contributed by atoms with Gasteiger partial charge in [-0.3, -0.25) is 4.79 Å². The minimum absolute atomic E-state index is 0.0184. The number of thiazole rings is 1. The van der Waals surface area contributed by atoms with Crippen molar-refractivity contribution < 1.29 is 18.0 Å². The Morgan fingerprint density at radius 1 is 1.15 bits per heavy atom. The molecule has 0 spiro atoms. The van der Waals surface area contributed by atoms with Gasteiger partial charge in [-0.15, -0.1) is 22.7 Å². The largest absolute Gasteiger partial charge is 0.416 e. The number of thiophene rings is 1. The Morgan fingerprint density at radius 2 is 1.89 bits per heavy atom. The van der Waals surface area contributed by atoms with Crippen molar-refractivity contribution in [3.63, 3.8) is 0 Å². The van der Waals surface area contributed by atoms with E-state index >= 15 is 0 Å². The number of benzene rings is 1. The van der Waals surface area contributed by atoms with Gasteiger partial charge in [-0.2, -0.15) is 13.2 Å². The lowest BCUT2D eigenvalue weighted by Gasteiger charge is -2.19. The van der Waals surface area contributed by atoms with Crippen LogP contribution in [0, 0.1) is 0 Å². The van der Waals surface area contributed by atoms with Crippen molar-refractivity contribution in [3.05, 3.63) is 63.3 Å². The van der Waals surface area contributed by atoms with E-state index in [1.165, 1.54) is 23.5 Å². The Morgan fingerprint density at radius 3 is 2.48 bits per heavy atom. The standard InChI is InChI=1S/C19H17F3N2OS2/c1-2-24(11-16-4-3-9-26-16)17(25)10-15-12-27-18(23-15)13-5-7-14(8-6-13)19(20,21)22/h3-9,12H,2,10-11H2,1H3. The summed E-state index contributed by atoms with van der Waals surface area (Å²) in [6.45, 7) is 3.11. The number of hydrogen-bond acceptors (Lipinski definition) is 4. The Labute approximate surface area is 163 Å². The topological polar surface area (TPSA) is 33.2 Å². The van der Waals surface area contributed by atoms with Crippen molar-refractivity contribution in [2.45, 2.75) is 26.1 Å². The van der Waals surface area contributed by atoms with E-state index in [4.69, 9.17) is 0 Å². The van der Waals surface area contributed by atoms with E-state index in [1.807, 2.05) is 24.4 Å². The summed E-state index contributed by atoms with van der Waals surface area (Å²) in [5.41, 5.74) is 0.549. The molecular weight excluding hydrogens is 393 g/mol. The van der Waals surface area contributed by atoms with Crippen LogP contribution in [0.2, 0.25) is 0 Å². The molecule has 0 unspecified atom stereocenters. The summed E-state index contributed by atoms with van der Waals surface area (Å²) in [5, 5.41) is 4.36. The lowest BCUT2D eigenvalue weighted by atomic mass is 10.1. The van der Waals surface area contributed by atoms with Crippen molar-refractivity contribution in [3.8, 4) is 10.6 Å². The molecule has 2 aromatic heterocycles. The molecule has 0 aliphatic carbocycles. The Bertz CT molecular complexity index is 887. The predicted octanol–water partition coefficient (Wildman–Crippen LogP) is 5.48. The van der Waals surface area contributed by atoms with E-state index in [0.717, 1.165) is 17.0 Å². The maximum absolute atomic E-state index is 12.7. The van der Waals surface area contributed by atoms with Crippen LogP contribution in [-0.4, -0.2) is 22.3 Å². The van der Waals surface area contributed by atoms with Crippen molar-refractivity contribution in [1.82, 2.24) is 9.88 Å². The molecular formula is C19H17F3N2OS2. The van der Waals surface area contributed by atoms with Crippen LogP contribution in [0.1, 0.15) is 23.1 Å². The first-order chi connectivity index (χ1) is 12.9. The van der Waals surface area contributed by atoms with E-state index in [2.05, 4.69) is 4.98 Å². The van der Waals surface area contributed by atoms with Crippen LogP contribution in [0.4, 0.5) is 13.2 Å². The zero-order valence-corrected chi connectivity index (χ0v) is 16.1. The fraction of sp³-hybridized carbons (Fsp3) is 0.263. The van der Waals surface area contributed by atoms with Crippen LogP contribution >= 0.6 is 22.7 Å². The van der Waals surface area contributed by atoms with Crippen molar-refractivity contribution in [2.24, 2.45) is 0 Å². The highest BCUT2D eigenvalue weighted by atomic mass is 32.1. The van der Waals surface area contributed by atoms with Gasteiger partial charge in [-0.25, -0.2) is 4.98 Å². The first-order valence-electron chi connectivity index (χ1n) is 8.29. The third-order valence-electron chi connectivity index (χ3n) is 4.00. The fourth-order valence-corrected chi connectivity index (χ4v) is 4.10. The maximum atomic E-state index is 12.7. The molecule has 0 fully saturated rings. The highest BCUT2D eigenvalue weighted by Gasteiger charge is 2.30. The number of alkyl halides is 3. The monoisotopic (exact) mass is 410 g/mol. The predicted molar refractivity (Wildman–Crippen MR) is 102 cm³/mol. The van der Waals surface area contributed by atoms with Gasteiger partial charge in [0, 0.05) is 22.4 Å². The number of hydrogen-bond donors (Lipinski definition) is 0. The lowest BCUT2D eigenvalue weighted by molar-refractivity contribution is -0.137. The molecule has 3 nitrogen and oxygen atoms in total. The van der Waals surface area contributed by atoms with Gasteiger partial charge >= 0.3 is 6.18 Å². The van der Waals surface area contributed by atoms with Crippen LogP contribution in [0.15, 0.2) is 47.2 Å². The van der Waals surface area contributed by atoms with Crippen molar-refractivity contribution in [2.75, 3.05) is 6.54 Å². The molecule has 2 heterocycles. The van der Waals surface area contributed by atoms with Gasteiger partial charge in [0.25, 0.3) is 0 Å². The number of amides is 1. The van der Waals surface area contributed by atoms with Crippen LogP contribution in [-0.2, 0) is 23.9 Å².